The number of carbonyl (C=O) groups is 2. The van der Waals surface area contributed by atoms with Crippen LogP contribution in [-0.4, -0.2) is 23.0 Å². The highest BCUT2D eigenvalue weighted by Crippen LogP contribution is 2.21. The molecular weight excluding hydrogens is 390 g/mol. The summed E-state index contributed by atoms with van der Waals surface area (Å²) in [6.45, 7) is 7.41. The predicted molar refractivity (Wildman–Crippen MR) is 123 cm³/mol. The zero-order chi connectivity index (χ0) is 22.5. The minimum Gasteiger partial charge on any atom is -0.463 e. The van der Waals surface area contributed by atoms with E-state index in [9.17, 15) is 9.59 Å². The van der Waals surface area contributed by atoms with Gasteiger partial charge in [0.15, 0.2) is 0 Å². The Labute approximate surface area is 185 Å². The van der Waals surface area contributed by atoms with E-state index in [1.165, 1.54) is 5.56 Å². The van der Waals surface area contributed by atoms with Crippen LogP contribution in [0.25, 0.3) is 11.3 Å². The van der Waals surface area contributed by atoms with Crippen molar-refractivity contribution < 1.29 is 19.1 Å². The monoisotopic (exact) mass is 423 g/mol. The highest BCUT2D eigenvalue weighted by atomic mass is 16.5. The maximum absolute atomic E-state index is 11.9. The molecule has 5 heteroatoms. The number of hydrogen-bond acceptors (Lipinski definition) is 5. The van der Waals surface area contributed by atoms with E-state index < -0.39 is 0 Å². The average Bonchev–Trinajstić information content (AvgIpc) is 2.78. The van der Waals surface area contributed by atoms with E-state index in [0.717, 1.165) is 49.8 Å². The number of esters is 2. The van der Waals surface area contributed by atoms with Crippen molar-refractivity contribution >= 4 is 11.9 Å². The highest BCUT2D eigenvalue weighted by molar-refractivity contribution is 5.72. The molecule has 0 N–H and O–H groups in total. The van der Waals surface area contributed by atoms with Crippen LogP contribution in [-0.2, 0) is 20.7 Å². The number of aryl methyl sites for hydroxylation is 1. The summed E-state index contributed by atoms with van der Waals surface area (Å²) in [7, 11) is 0. The summed E-state index contributed by atoms with van der Waals surface area (Å²) in [5.41, 5.74) is 3.00. The average molecular weight is 424 g/mol. The van der Waals surface area contributed by atoms with Crippen LogP contribution in [0.5, 0.6) is 5.75 Å². The van der Waals surface area contributed by atoms with Crippen molar-refractivity contribution in [3.63, 3.8) is 0 Å². The molecule has 0 bridgehead atoms. The number of hydrogen-bond donors (Lipinski definition) is 0. The third-order valence-electron chi connectivity index (χ3n) is 4.97. The molecule has 0 aliphatic carbocycles. The largest absolute Gasteiger partial charge is 0.463 e. The minimum atomic E-state index is -0.226. The highest BCUT2D eigenvalue weighted by Gasteiger charge is 2.09. The molecule has 31 heavy (non-hydrogen) atoms. The van der Waals surface area contributed by atoms with Crippen LogP contribution in [0.1, 0.15) is 64.4 Å². The number of carbonyl (C=O) groups excluding carboxylic acids is 2. The van der Waals surface area contributed by atoms with Crippen LogP contribution in [0.3, 0.4) is 0 Å². The normalized spacial score (nSPS) is 11.5. The van der Waals surface area contributed by atoms with Gasteiger partial charge in [0.2, 0.25) is 0 Å². The summed E-state index contributed by atoms with van der Waals surface area (Å²) in [4.78, 5) is 27.7. The maximum atomic E-state index is 11.9. The quantitative estimate of drug-likeness (QED) is 0.222. The van der Waals surface area contributed by atoms with Gasteiger partial charge in [-0.2, -0.15) is 0 Å². The third kappa shape index (κ3) is 9.16. The Balaban J connectivity index is 1.81. The molecule has 0 spiro atoms. The second-order valence-corrected chi connectivity index (χ2v) is 7.63. The molecule has 0 aliphatic rings. The third-order valence-corrected chi connectivity index (χ3v) is 4.97. The fourth-order valence-corrected chi connectivity index (χ4v) is 3.11. The summed E-state index contributed by atoms with van der Waals surface area (Å²) in [6, 6.07) is 11.8. The molecule has 2 aromatic rings. The molecule has 1 atom stereocenters. The summed E-state index contributed by atoms with van der Waals surface area (Å²) in [6.07, 6.45) is 9.70. The summed E-state index contributed by atoms with van der Waals surface area (Å²) in [5.74, 6) is 0.0787. The van der Waals surface area contributed by atoms with Crippen molar-refractivity contribution in [2.75, 3.05) is 0 Å². The molecule has 0 aliphatic heterocycles. The molecule has 0 amide bonds. The van der Waals surface area contributed by atoms with Gasteiger partial charge in [0.05, 0.1) is 18.0 Å². The van der Waals surface area contributed by atoms with Gasteiger partial charge < -0.3 is 9.47 Å². The van der Waals surface area contributed by atoms with Crippen molar-refractivity contribution in [1.82, 2.24) is 4.98 Å². The number of ether oxygens (including phenoxy) is 2. The van der Waals surface area contributed by atoms with Crippen molar-refractivity contribution in [2.24, 2.45) is 0 Å². The molecule has 2 rings (SSSR count). The van der Waals surface area contributed by atoms with Crippen molar-refractivity contribution in [3.8, 4) is 17.0 Å². The Kier molecular flexibility index (Phi) is 10.5. The Morgan fingerprint density at radius 1 is 1.06 bits per heavy atom. The van der Waals surface area contributed by atoms with Gasteiger partial charge in [0, 0.05) is 18.4 Å². The van der Waals surface area contributed by atoms with Gasteiger partial charge in [-0.3, -0.25) is 14.6 Å². The zero-order valence-corrected chi connectivity index (χ0v) is 18.6. The lowest BCUT2D eigenvalue weighted by Crippen LogP contribution is -2.14. The number of benzene rings is 1. The van der Waals surface area contributed by atoms with Crippen LogP contribution >= 0.6 is 0 Å². The van der Waals surface area contributed by atoms with Crippen LogP contribution < -0.4 is 4.74 Å². The fourth-order valence-electron chi connectivity index (χ4n) is 3.11. The Hall–Kier alpha value is -2.95. The maximum Gasteiger partial charge on any atom is 0.311 e. The molecule has 1 heterocycles. The molecular formula is C26H33NO4. The van der Waals surface area contributed by atoms with E-state index in [1.54, 1.807) is 19.2 Å². The molecule has 0 saturated heterocycles. The van der Waals surface area contributed by atoms with E-state index >= 15 is 0 Å². The van der Waals surface area contributed by atoms with Crippen molar-refractivity contribution in [2.45, 2.75) is 71.3 Å². The smallest absolute Gasteiger partial charge is 0.311 e. The molecule has 166 valence electrons. The van der Waals surface area contributed by atoms with Gasteiger partial charge in [-0.1, -0.05) is 43.7 Å². The van der Waals surface area contributed by atoms with E-state index in [2.05, 4.69) is 23.7 Å². The van der Waals surface area contributed by atoms with E-state index in [0.29, 0.717) is 18.6 Å². The van der Waals surface area contributed by atoms with Gasteiger partial charge >= 0.3 is 11.9 Å². The molecule has 0 fully saturated rings. The Bertz CT molecular complexity index is 827. The SMILES string of the molecule is C=CCCCCCC(=O)Oc1ccc(-c2ccc(CCC(C)OC(=O)CC)cc2)nc1. The second-order valence-electron chi connectivity index (χ2n) is 7.63. The fraction of sp³-hybridized carbons (Fsp3) is 0.423. The van der Waals surface area contributed by atoms with Gasteiger partial charge in [0.1, 0.15) is 5.75 Å². The summed E-state index contributed by atoms with van der Waals surface area (Å²) in [5, 5.41) is 0. The minimum absolute atomic E-state index is 0.0869. The molecule has 1 aromatic carbocycles. The first-order valence-corrected chi connectivity index (χ1v) is 11.1. The van der Waals surface area contributed by atoms with E-state index in [-0.39, 0.29) is 18.0 Å². The van der Waals surface area contributed by atoms with Gasteiger partial charge in [0.25, 0.3) is 0 Å². The van der Waals surface area contributed by atoms with E-state index in [1.807, 2.05) is 31.2 Å². The first-order valence-electron chi connectivity index (χ1n) is 11.1. The lowest BCUT2D eigenvalue weighted by Gasteiger charge is -2.12. The molecule has 1 aromatic heterocycles. The second kappa shape index (κ2) is 13.4. The van der Waals surface area contributed by atoms with Gasteiger partial charge in [-0.05, 0) is 56.7 Å². The molecule has 5 nitrogen and oxygen atoms in total. The number of nitrogens with zero attached hydrogens (tertiary/aromatic N) is 1. The lowest BCUT2D eigenvalue weighted by atomic mass is 10.0. The summed E-state index contributed by atoms with van der Waals surface area (Å²) >= 11 is 0. The van der Waals surface area contributed by atoms with Crippen LogP contribution in [0, 0.1) is 0 Å². The van der Waals surface area contributed by atoms with Gasteiger partial charge in [-0.15, -0.1) is 6.58 Å². The van der Waals surface area contributed by atoms with Crippen LogP contribution in [0.15, 0.2) is 55.3 Å². The number of aromatic nitrogens is 1. The zero-order valence-electron chi connectivity index (χ0n) is 18.6. The first-order chi connectivity index (χ1) is 15.0. The van der Waals surface area contributed by atoms with Crippen LogP contribution in [0.2, 0.25) is 0 Å². The molecule has 0 radical (unpaired) electrons. The first kappa shape index (κ1) is 24.3. The van der Waals surface area contributed by atoms with Gasteiger partial charge in [-0.25, -0.2) is 0 Å². The number of allylic oxidation sites excluding steroid dienone is 1. The summed E-state index contributed by atoms with van der Waals surface area (Å²) < 4.78 is 10.7. The van der Waals surface area contributed by atoms with E-state index in [4.69, 9.17) is 9.47 Å². The lowest BCUT2D eigenvalue weighted by molar-refractivity contribution is -0.148. The standard InChI is InChI=1S/C26H33NO4/c1-4-6-7-8-9-10-26(29)31-23-17-18-24(27-19-23)22-15-13-21(14-16-22)12-11-20(3)30-25(28)5-2/h4,13-20H,1,5-12H2,2-3H3. The van der Waals surface area contributed by atoms with Crippen molar-refractivity contribution in [3.05, 3.63) is 60.8 Å². The molecule has 1 unspecified atom stereocenters. The van der Waals surface area contributed by atoms with Crippen LogP contribution in [0.4, 0.5) is 0 Å². The van der Waals surface area contributed by atoms with Crippen molar-refractivity contribution in [1.29, 1.82) is 0 Å². The number of unbranched alkanes of at least 4 members (excludes halogenated alkanes) is 3. The topological polar surface area (TPSA) is 65.5 Å². The Morgan fingerprint density at radius 2 is 1.84 bits per heavy atom. The molecule has 0 saturated carbocycles. The number of pyridine rings is 1. The predicted octanol–water partition coefficient (Wildman–Crippen LogP) is 6.06. The Morgan fingerprint density at radius 3 is 2.48 bits per heavy atom. The number of rotatable bonds is 13.